The molecule has 1 aliphatic heterocycles. The molecule has 0 atom stereocenters. The molecule has 1 aliphatic rings. The molecule has 0 radical (unpaired) electrons. The molecular formula is C10H17N. The Morgan fingerprint density at radius 3 is 2.18 bits per heavy atom. The SMILES string of the molecule is CCCN1C=CC(C)(C)C=C1. The number of hydrogen-bond acceptors (Lipinski definition) is 1. The lowest BCUT2D eigenvalue weighted by Crippen LogP contribution is -2.18. The van der Waals surface area contributed by atoms with E-state index in [2.05, 4.69) is 50.2 Å². The van der Waals surface area contributed by atoms with Crippen molar-refractivity contribution in [2.75, 3.05) is 6.54 Å². The molecule has 0 aliphatic carbocycles. The maximum atomic E-state index is 2.24. The molecule has 0 saturated heterocycles. The van der Waals surface area contributed by atoms with E-state index in [1.165, 1.54) is 6.42 Å². The van der Waals surface area contributed by atoms with Gasteiger partial charge in [0, 0.05) is 24.4 Å². The third-order valence-corrected chi connectivity index (χ3v) is 1.87. The maximum Gasteiger partial charge on any atom is 0.0216 e. The summed E-state index contributed by atoms with van der Waals surface area (Å²) in [4.78, 5) is 2.23. The fraction of sp³-hybridized carbons (Fsp3) is 0.600. The summed E-state index contributed by atoms with van der Waals surface area (Å²) in [5.74, 6) is 0. The quantitative estimate of drug-likeness (QED) is 0.586. The van der Waals surface area contributed by atoms with Crippen molar-refractivity contribution >= 4 is 0 Å². The van der Waals surface area contributed by atoms with Gasteiger partial charge in [-0.15, -0.1) is 0 Å². The van der Waals surface area contributed by atoms with E-state index in [9.17, 15) is 0 Å². The zero-order valence-electron chi connectivity index (χ0n) is 7.67. The Bertz CT molecular complexity index is 161. The molecule has 1 nitrogen and oxygen atoms in total. The normalized spacial score (nSPS) is 20.8. The van der Waals surface area contributed by atoms with Crippen LogP contribution in [0.15, 0.2) is 24.6 Å². The van der Waals surface area contributed by atoms with E-state index in [0.29, 0.717) is 0 Å². The van der Waals surface area contributed by atoms with Gasteiger partial charge in [0.1, 0.15) is 0 Å². The zero-order valence-corrected chi connectivity index (χ0v) is 7.67. The van der Waals surface area contributed by atoms with Gasteiger partial charge >= 0.3 is 0 Å². The first kappa shape index (κ1) is 8.38. The van der Waals surface area contributed by atoms with E-state index in [1.807, 2.05) is 0 Å². The van der Waals surface area contributed by atoms with Gasteiger partial charge in [0.25, 0.3) is 0 Å². The highest BCUT2D eigenvalue weighted by Gasteiger charge is 2.12. The standard InChI is InChI=1S/C10H17N/c1-4-7-11-8-5-10(2,3)6-9-11/h5-6,8-9H,4,7H2,1-3H3. The van der Waals surface area contributed by atoms with E-state index >= 15 is 0 Å². The van der Waals surface area contributed by atoms with Gasteiger partial charge in [-0.25, -0.2) is 0 Å². The molecule has 0 aromatic carbocycles. The third-order valence-electron chi connectivity index (χ3n) is 1.87. The highest BCUT2D eigenvalue weighted by molar-refractivity contribution is 5.12. The van der Waals surface area contributed by atoms with Crippen molar-refractivity contribution in [1.29, 1.82) is 0 Å². The smallest absolute Gasteiger partial charge is 0.0216 e. The van der Waals surface area contributed by atoms with E-state index < -0.39 is 0 Å². The van der Waals surface area contributed by atoms with Crippen LogP contribution in [0.5, 0.6) is 0 Å². The van der Waals surface area contributed by atoms with Crippen LogP contribution in [0.3, 0.4) is 0 Å². The Hall–Kier alpha value is -0.720. The average molecular weight is 151 g/mol. The van der Waals surface area contributed by atoms with Gasteiger partial charge in [-0.1, -0.05) is 32.9 Å². The minimum Gasteiger partial charge on any atom is -0.355 e. The van der Waals surface area contributed by atoms with E-state index in [-0.39, 0.29) is 5.41 Å². The zero-order chi connectivity index (χ0) is 8.32. The van der Waals surface area contributed by atoms with Crippen LogP contribution < -0.4 is 0 Å². The summed E-state index contributed by atoms with van der Waals surface area (Å²) in [5, 5.41) is 0. The average Bonchev–Trinajstić information content (AvgIpc) is 1.94. The summed E-state index contributed by atoms with van der Waals surface area (Å²) in [6, 6.07) is 0. The molecule has 0 spiro atoms. The highest BCUT2D eigenvalue weighted by Crippen LogP contribution is 2.23. The number of hydrogen-bond donors (Lipinski definition) is 0. The molecule has 0 unspecified atom stereocenters. The molecule has 11 heavy (non-hydrogen) atoms. The minimum atomic E-state index is 0.254. The van der Waals surface area contributed by atoms with Crippen molar-refractivity contribution in [3.8, 4) is 0 Å². The Kier molecular flexibility index (Phi) is 2.38. The third kappa shape index (κ3) is 2.41. The van der Waals surface area contributed by atoms with Gasteiger partial charge in [-0.05, 0) is 6.42 Å². The van der Waals surface area contributed by atoms with Crippen LogP contribution in [-0.2, 0) is 0 Å². The summed E-state index contributed by atoms with van der Waals surface area (Å²) in [5.41, 5.74) is 0.254. The van der Waals surface area contributed by atoms with Gasteiger partial charge < -0.3 is 4.90 Å². The summed E-state index contributed by atoms with van der Waals surface area (Å²) in [7, 11) is 0. The fourth-order valence-electron chi connectivity index (χ4n) is 1.09. The summed E-state index contributed by atoms with van der Waals surface area (Å²) < 4.78 is 0. The van der Waals surface area contributed by atoms with Crippen molar-refractivity contribution < 1.29 is 0 Å². The monoisotopic (exact) mass is 151 g/mol. The topological polar surface area (TPSA) is 3.24 Å². The molecule has 0 N–H and O–H groups in total. The lowest BCUT2D eigenvalue weighted by atomic mass is 9.92. The molecule has 0 saturated carbocycles. The van der Waals surface area contributed by atoms with Gasteiger partial charge in [-0.3, -0.25) is 0 Å². The maximum absolute atomic E-state index is 2.24. The molecule has 0 bridgehead atoms. The molecule has 0 aromatic heterocycles. The number of rotatable bonds is 2. The van der Waals surface area contributed by atoms with Crippen molar-refractivity contribution in [3.05, 3.63) is 24.6 Å². The Morgan fingerprint density at radius 2 is 1.73 bits per heavy atom. The summed E-state index contributed by atoms with van der Waals surface area (Å²) >= 11 is 0. The molecule has 62 valence electrons. The predicted molar refractivity (Wildman–Crippen MR) is 49.1 cm³/mol. The van der Waals surface area contributed by atoms with Crippen LogP contribution in [0.1, 0.15) is 27.2 Å². The first-order chi connectivity index (χ1) is 5.14. The van der Waals surface area contributed by atoms with Gasteiger partial charge in [0.15, 0.2) is 0 Å². The summed E-state index contributed by atoms with van der Waals surface area (Å²) in [6.45, 7) is 7.75. The molecule has 1 rings (SSSR count). The number of allylic oxidation sites excluding steroid dienone is 2. The Morgan fingerprint density at radius 1 is 1.18 bits per heavy atom. The van der Waals surface area contributed by atoms with E-state index in [0.717, 1.165) is 6.54 Å². The molecular weight excluding hydrogens is 134 g/mol. The molecule has 1 heterocycles. The van der Waals surface area contributed by atoms with E-state index in [4.69, 9.17) is 0 Å². The minimum absolute atomic E-state index is 0.254. The Balaban J connectivity index is 2.51. The van der Waals surface area contributed by atoms with Crippen LogP contribution in [0.25, 0.3) is 0 Å². The van der Waals surface area contributed by atoms with Crippen molar-refractivity contribution in [2.45, 2.75) is 27.2 Å². The van der Waals surface area contributed by atoms with E-state index in [1.54, 1.807) is 0 Å². The summed E-state index contributed by atoms with van der Waals surface area (Å²) in [6.07, 6.45) is 10.0. The van der Waals surface area contributed by atoms with Crippen LogP contribution in [0, 0.1) is 5.41 Å². The first-order valence-corrected chi connectivity index (χ1v) is 4.28. The van der Waals surface area contributed by atoms with Gasteiger partial charge in [-0.2, -0.15) is 0 Å². The van der Waals surface area contributed by atoms with Crippen molar-refractivity contribution in [1.82, 2.24) is 4.90 Å². The second kappa shape index (κ2) is 3.12. The van der Waals surface area contributed by atoms with Crippen LogP contribution in [0.4, 0.5) is 0 Å². The molecule has 0 aromatic rings. The lowest BCUT2D eigenvalue weighted by Gasteiger charge is -2.25. The molecule has 0 amide bonds. The molecule has 1 heteroatoms. The van der Waals surface area contributed by atoms with Crippen molar-refractivity contribution in [2.24, 2.45) is 5.41 Å². The second-order valence-electron chi connectivity index (χ2n) is 3.69. The second-order valence-corrected chi connectivity index (χ2v) is 3.69. The van der Waals surface area contributed by atoms with Gasteiger partial charge in [0.05, 0.1) is 0 Å². The largest absolute Gasteiger partial charge is 0.355 e. The first-order valence-electron chi connectivity index (χ1n) is 4.28. The van der Waals surface area contributed by atoms with Crippen molar-refractivity contribution in [3.63, 3.8) is 0 Å². The van der Waals surface area contributed by atoms with Gasteiger partial charge in [0.2, 0.25) is 0 Å². The van der Waals surface area contributed by atoms with Crippen LogP contribution >= 0.6 is 0 Å². The highest BCUT2D eigenvalue weighted by atomic mass is 15.1. The Labute approximate surface area is 69.4 Å². The predicted octanol–water partition coefficient (Wildman–Crippen LogP) is 2.77. The van der Waals surface area contributed by atoms with Crippen LogP contribution in [0.2, 0.25) is 0 Å². The van der Waals surface area contributed by atoms with Crippen LogP contribution in [-0.4, -0.2) is 11.4 Å². The fourth-order valence-corrected chi connectivity index (χ4v) is 1.09. The number of nitrogens with zero attached hydrogens (tertiary/aromatic N) is 1. The lowest BCUT2D eigenvalue weighted by molar-refractivity contribution is 0.459. The molecule has 0 fully saturated rings.